The predicted molar refractivity (Wildman–Crippen MR) is 85.7 cm³/mol. The summed E-state index contributed by atoms with van der Waals surface area (Å²) < 4.78 is -0.519. The van der Waals surface area contributed by atoms with E-state index in [0.717, 1.165) is 12.7 Å². The lowest BCUT2D eigenvalue weighted by molar-refractivity contribution is -0.185. The van der Waals surface area contributed by atoms with Gasteiger partial charge < -0.3 is 4.79 Å². The predicted octanol–water partition coefficient (Wildman–Crippen LogP) is 5.45. The van der Waals surface area contributed by atoms with E-state index in [0.29, 0.717) is 21.7 Å². The molecule has 4 rings (SSSR count). The van der Waals surface area contributed by atoms with E-state index in [9.17, 15) is 4.79 Å². The SMILES string of the molecule is CC12CC3(C)CC(C)(C1)CC(CC(Br)(Br)C=O)(C2)C3. The molecule has 0 heterocycles. The highest BCUT2D eigenvalue weighted by Gasteiger charge is 2.64. The zero-order valence-electron chi connectivity index (χ0n) is 12.2. The first-order valence-electron chi connectivity index (χ1n) is 7.35. The molecule has 0 aromatic rings. The lowest BCUT2D eigenvalue weighted by atomic mass is 9.36. The molecule has 1 nitrogen and oxygen atoms in total. The Hall–Kier alpha value is 0.630. The largest absolute Gasteiger partial charge is 0.301 e. The number of halogens is 2. The molecule has 4 bridgehead atoms. The van der Waals surface area contributed by atoms with Crippen molar-refractivity contribution in [2.24, 2.45) is 21.7 Å². The van der Waals surface area contributed by atoms with Gasteiger partial charge in [-0.15, -0.1) is 0 Å². The van der Waals surface area contributed by atoms with Crippen molar-refractivity contribution in [2.75, 3.05) is 0 Å². The van der Waals surface area contributed by atoms with Crippen LogP contribution in [0.1, 0.15) is 65.7 Å². The third-order valence-electron chi connectivity index (χ3n) is 5.75. The van der Waals surface area contributed by atoms with Crippen molar-refractivity contribution in [3.05, 3.63) is 0 Å². The van der Waals surface area contributed by atoms with E-state index >= 15 is 0 Å². The molecule has 0 atom stereocenters. The Morgan fingerprint density at radius 1 is 0.895 bits per heavy atom. The van der Waals surface area contributed by atoms with Gasteiger partial charge >= 0.3 is 0 Å². The van der Waals surface area contributed by atoms with Crippen LogP contribution in [0.5, 0.6) is 0 Å². The van der Waals surface area contributed by atoms with Gasteiger partial charge in [0.05, 0.1) is 0 Å². The van der Waals surface area contributed by atoms with Gasteiger partial charge in [0.25, 0.3) is 0 Å². The summed E-state index contributed by atoms with van der Waals surface area (Å²) in [5.41, 5.74) is 1.84. The van der Waals surface area contributed by atoms with Crippen LogP contribution in [-0.4, -0.2) is 9.52 Å². The fourth-order valence-electron chi connectivity index (χ4n) is 7.29. The Bertz CT molecular complexity index is 375. The zero-order chi connectivity index (χ0) is 14.2. The minimum atomic E-state index is -0.519. The van der Waals surface area contributed by atoms with Crippen LogP contribution in [-0.2, 0) is 4.79 Å². The van der Waals surface area contributed by atoms with Gasteiger partial charge in [-0.25, -0.2) is 0 Å². The summed E-state index contributed by atoms with van der Waals surface area (Å²) >= 11 is 7.15. The number of aldehydes is 1. The van der Waals surface area contributed by atoms with Crippen molar-refractivity contribution in [3.63, 3.8) is 0 Å². The molecule has 4 aliphatic rings. The second-order valence-electron chi connectivity index (χ2n) is 9.05. The molecule has 0 amide bonds. The second kappa shape index (κ2) is 3.88. The Morgan fingerprint density at radius 2 is 1.26 bits per heavy atom. The summed E-state index contributed by atoms with van der Waals surface area (Å²) in [4.78, 5) is 11.3. The summed E-state index contributed by atoms with van der Waals surface area (Å²) in [5.74, 6) is 0. The van der Waals surface area contributed by atoms with E-state index in [1.165, 1.54) is 38.5 Å². The molecule has 0 aromatic heterocycles. The molecular weight excluding hydrogens is 368 g/mol. The Balaban J connectivity index is 1.97. The molecule has 4 saturated carbocycles. The van der Waals surface area contributed by atoms with Crippen molar-refractivity contribution in [2.45, 2.75) is 69.0 Å². The highest BCUT2D eigenvalue weighted by Crippen LogP contribution is 2.75. The number of carbonyl (C=O) groups is 1. The summed E-state index contributed by atoms with van der Waals surface area (Å²) in [6, 6.07) is 0. The number of alkyl halides is 2. The molecule has 0 N–H and O–H groups in total. The molecule has 4 fully saturated rings. The van der Waals surface area contributed by atoms with Crippen molar-refractivity contribution < 1.29 is 4.79 Å². The van der Waals surface area contributed by atoms with E-state index in [2.05, 4.69) is 52.6 Å². The van der Waals surface area contributed by atoms with Crippen LogP contribution < -0.4 is 0 Å². The Morgan fingerprint density at radius 3 is 1.58 bits per heavy atom. The van der Waals surface area contributed by atoms with Crippen molar-refractivity contribution in [1.82, 2.24) is 0 Å². The van der Waals surface area contributed by atoms with Gasteiger partial charge in [-0.2, -0.15) is 0 Å². The normalized spacial score (nSPS) is 52.5. The molecular formula is C16H24Br2O. The van der Waals surface area contributed by atoms with Crippen LogP contribution in [0.25, 0.3) is 0 Å². The summed E-state index contributed by atoms with van der Waals surface area (Å²) in [7, 11) is 0. The number of hydrogen-bond donors (Lipinski definition) is 0. The van der Waals surface area contributed by atoms with Crippen LogP contribution in [0.4, 0.5) is 0 Å². The highest BCUT2D eigenvalue weighted by molar-refractivity contribution is 9.25. The van der Waals surface area contributed by atoms with Gasteiger partial charge in [-0.3, -0.25) is 0 Å². The van der Waals surface area contributed by atoms with E-state index in [-0.39, 0.29) is 0 Å². The van der Waals surface area contributed by atoms with Crippen molar-refractivity contribution in [3.8, 4) is 0 Å². The van der Waals surface area contributed by atoms with Crippen LogP contribution in [0, 0.1) is 21.7 Å². The third kappa shape index (κ3) is 2.47. The third-order valence-corrected chi connectivity index (χ3v) is 6.68. The van der Waals surface area contributed by atoms with E-state index in [1.807, 2.05) is 0 Å². The Labute approximate surface area is 133 Å². The van der Waals surface area contributed by atoms with E-state index in [4.69, 9.17) is 0 Å². The molecule has 0 aliphatic heterocycles. The average molecular weight is 392 g/mol. The standard InChI is InChI=1S/C16H24Br2O/c1-12-4-13(2)6-14(3,5-12)9-15(7-12,8-13)10-16(17,18)11-19/h11H,4-10H2,1-3H3. The number of rotatable bonds is 3. The molecule has 19 heavy (non-hydrogen) atoms. The minimum Gasteiger partial charge on any atom is -0.301 e. The van der Waals surface area contributed by atoms with Crippen LogP contribution >= 0.6 is 31.9 Å². The van der Waals surface area contributed by atoms with Gasteiger partial charge in [0.2, 0.25) is 0 Å². The topological polar surface area (TPSA) is 17.1 Å². The maximum atomic E-state index is 11.3. The number of hydrogen-bond acceptors (Lipinski definition) is 1. The van der Waals surface area contributed by atoms with Gasteiger partial charge in [0, 0.05) is 0 Å². The lowest BCUT2D eigenvalue weighted by Gasteiger charge is -2.69. The van der Waals surface area contributed by atoms with Gasteiger partial charge in [0.1, 0.15) is 9.52 Å². The first kappa shape index (κ1) is 14.6. The first-order chi connectivity index (χ1) is 8.51. The minimum absolute atomic E-state index is 0.348. The molecule has 3 heteroatoms. The fraction of sp³-hybridized carbons (Fsp3) is 0.938. The molecule has 4 aliphatic carbocycles. The molecule has 0 unspecified atom stereocenters. The van der Waals surface area contributed by atoms with Gasteiger partial charge in [-0.05, 0) is 66.6 Å². The van der Waals surface area contributed by atoms with Crippen LogP contribution in [0.3, 0.4) is 0 Å². The summed E-state index contributed by atoms with van der Waals surface area (Å²) in [5, 5.41) is 0. The lowest BCUT2D eigenvalue weighted by Crippen LogP contribution is -2.59. The maximum Gasteiger partial charge on any atom is 0.147 e. The summed E-state index contributed by atoms with van der Waals surface area (Å²) in [6.07, 6.45) is 10.0. The molecule has 0 radical (unpaired) electrons. The first-order valence-corrected chi connectivity index (χ1v) is 8.94. The smallest absolute Gasteiger partial charge is 0.147 e. The van der Waals surface area contributed by atoms with Gasteiger partial charge in [0.15, 0.2) is 0 Å². The zero-order valence-corrected chi connectivity index (χ0v) is 15.4. The van der Waals surface area contributed by atoms with Crippen molar-refractivity contribution in [1.29, 1.82) is 0 Å². The van der Waals surface area contributed by atoms with Crippen molar-refractivity contribution >= 4 is 38.1 Å². The average Bonchev–Trinajstić information content (AvgIpc) is 2.07. The quantitative estimate of drug-likeness (QED) is 0.461. The molecule has 0 aromatic carbocycles. The van der Waals surface area contributed by atoms with E-state index in [1.54, 1.807) is 0 Å². The molecule has 108 valence electrons. The number of carbonyl (C=O) groups excluding carboxylic acids is 1. The monoisotopic (exact) mass is 390 g/mol. The molecule has 0 spiro atoms. The maximum absolute atomic E-state index is 11.3. The highest BCUT2D eigenvalue weighted by atomic mass is 79.9. The van der Waals surface area contributed by atoms with Crippen LogP contribution in [0.2, 0.25) is 0 Å². The Kier molecular flexibility index (Phi) is 2.97. The van der Waals surface area contributed by atoms with Crippen LogP contribution in [0.15, 0.2) is 0 Å². The second-order valence-corrected chi connectivity index (χ2v) is 12.9. The fourth-order valence-corrected chi connectivity index (χ4v) is 8.48. The van der Waals surface area contributed by atoms with Gasteiger partial charge in [-0.1, -0.05) is 52.6 Å². The summed E-state index contributed by atoms with van der Waals surface area (Å²) in [6.45, 7) is 7.46. The molecule has 0 saturated heterocycles. The van der Waals surface area contributed by atoms with E-state index < -0.39 is 3.23 Å².